The third kappa shape index (κ3) is 3.89. The molecule has 1 aromatic heterocycles. The predicted molar refractivity (Wildman–Crippen MR) is 113 cm³/mol. The lowest BCUT2D eigenvalue weighted by atomic mass is 10.2. The summed E-state index contributed by atoms with van der Waals surface area (Å²) in [6.07, 6.45) is 0. The van der Waals surface area contributed by atoms with E-state index in [0.717, 1.165) is 27.7 Å². The quantitative estimate of drug-likeness (QED) is 0.431. The van der Waals surface area contributed by atoms with E-state index in [9.17, 15) is 4.39 Å². The smallest absolute Gasteiger partial charge is 0.229 e. The zero-order chi connectivity index (χ0) is 19.5. The average Bonchev–Trinajstić information content (AvgIpc) is 2.71. The van der Waals surface area contributed by atoms with Crippen molar-refractivity contribution in [3.8, 4) is 0 Å². The number of aromatic nitrogens is 2. The number of anilines is 3. The lowest BCUT2D eigenvalue weighted by Crippen LogP contribution is -2.06. The Kier molecular flexibility index (Phi) is 5.08. The van der Waals surface area contributed by atoms with Gasteiger partial charge in [-0.15, -0.1) is 0 Å². The normalized spacial score (nSPS) is 10.8. The molecule has 0 atom stereocenters. The first kappa shape index (κ1) is 18.2. The highest BCUT2D eigenvalue weighted by molar-refractivity contribution is 6.31. The van der Waals surface area contributed by atoms with Crippen LogP contribution < -0.4 is 10.6 Å². The zero-order valence-corrected chi connectivity index (χ0v) is 16.0. The Balaban J connectivity index is 1.66. The van der Waals surface area contributed by atoms with Gasteiger partial charge in [-0.25, -0.2) is 9.37 Å². The topological polar surface area (TPSA) is 49.8 Å². The highest BCUT2D eigenvalue weighted by Crippen LogP contribution is 2.27. The molecule has 0 amide bonds. The van der Waals surface area contributed by atoms with Crippen LogP contribution in [0.3, 0.4) is 0 Å². The van der Waals surface area contributed by atoms with E-state index in [1.54, 1.807) is 12.1 Å². The minimum absolute atomic E-state index is 0.250. The summed E-state index contributed by atoms with van der Waals surface area (Å²) in [6.45, 7) is 2.47. The molecule has 0 aliphatic carbocycles. The van der Waals surface area contributed by atoms with Crippen molar-refractivity contribution in [3.63, 3.8) is 0 Å². The van der Waals surface area contributed by atoms with Crippen molar-refractivity contribution < 1.29 is 4.39 Å². The average molecular weight is 393 g/mol. The molecular weight excluding hydrogens is 375 g/mol. The molecule has 4 nitrogen and oxygen atoms in total. The third-order valence-electron chi connectivity index (χ3n) is 4.49. The molecule has 0 radical (unpaired) electrons. The molecule has 6 heteroatoms. The minimum Gasteiger partial charge on any atom is -0.365 e. The lowest BCUT2D eigenvalue weighted by molar-refractivity contribution is 0.627. The Morgan fingerprint density at radius 3 is 2.54 bits per heavy atom. The molecule has 0 fully saturated rings. The summed E-state index contributed by atoms with van der Waals surface area (Å²) in [4.78, 5) is 9.26. The van der Waals surface area contributed by atoms with Crippen LogP contribution in [0.15, 0.2) is 66.7 Å². The number of halogens is 2. The first-order chi connectivity index (χ1) is 13.6. The molecule has 28 heavy (non-hydrogen) atoms. The number of hydrogen-bond acceptors (Lipinski definition) is 4. The lowest BCUT2D eigenvalue weighted by Gasteiger charge is -2.13. The largest absolute Gasteiger partial charge is 0.365 e. The molecule has 0 bridgehead atoms. The van der Waals surface area contributed by atoms with E-state index in [-0.39, 0.29) is 5.82 Å². The van der Waals surface area contributed by atoms with Crippen molar-refractivity contribution in [2.45, 2.75) is 13.5 Å². The van der Waals surface area contributed by atoms with Gasteiger partial charge >= 0.3 is 0 Å². The van der Waals surface area contributed by atoms with Gasteiger partial charge in [0.1, 0.15) is 11.6 Å². The molecule has 0 unspecified atom stereocenters. The van der Waals surface area contributed by atoms with Crippen molar-refractivity contribution in [3.05, 3.63) is 88.7 Å². The fourth-order valence-corrected chi connectivity index (χ4v) is 3.09. The molecule has 0 saturated heterocycles. The molecule has 2 N–H and O–H groups in total. The van der Waals surface area contributed by atoms with Crippen molar-refractivity contribution in [2.75, 3.05) is 10.6 Å². The van der Waals surface area contributed by atoms with Crippen molar-refractivity contribution in [2.24, 2.45) is 0 Å². The number of nitrogens with zero attached hydrogens (tertiary/aromatic N) is 2. The predicted octanol–water partition coefficient (Wildman–Crippen LogP) is 6.09. The SMILES string of the molecule is Cc1c(Cl)cccc1Nc1nc(NCc2ccc(F)cc2)c2ccccc2n1. The van der Waals surface area contributed by atoms with Gasteiger partial charge in [0.15, 0.2) is 0 Å². The van der Waals surface area contributed by atoms with Crippen molar-refractivity contribution in [1.82, 2.24) is 9.97 Å². The maximum atomic E-state index is 13.1. The molecule has 0 aliphatic rings. The van der Waals surface area contributed by atoms with Gasteiger partial charge in [-0.1, -0.05) is 41.9 Å². The van der Waals surface area contributed by atoms with Gasteiger partial charge in [0.25, 0.3) is 0 Å². The van der Waals surface area contributed by atoms with Gasteiger partial charge < -0.3 is 10.6 Å². The van der Waals surface area contributed by atoms with Crippen LogP contribution >= 0.6 is 11.6 Å². The fraction of sp³-hybridized carbons (Fsp3) is 0.0909. The van der Waals surface area contributed by atoms with Crippen LogP contribution in [0.4, 0.5) is 21.8 Å². The van der Waals surface area contributed by atoms with E-state index >= 15 is 0 Å². The Morgan fingerprint density at radius 2 is 1.71 bits per heavy atom. The molecule has 4 rings (SSSR count). The molecule has 0 aliphatic heterocycles. The summed E-state index contributed by atoms with van der Waals surface area (Å²) >= 11 is 6.22. The van der Waals surface area contributed by atoms with Crippen LogP contribution in [0.1, 0.15) is 11.1 Å². The number of fused-ring (bicyclic) bond motifs is 1. The second-order valence-corrected chi connectivity index (χ2v) is 6.84. The van der Waals surface area contributed by atoms with E-state index in [2.05, 4.69) is 20.6 Å². The van der Waals surface area contributed by atoms with E-state index < -0.39 is 0 Å². The molecule has 140 valence electrons. The fourth-order valence-electron chi connectivity index (χ4n) is 2.92. The van der Waals surface area contributed by atoms with E-state index in [1.807, 2.05) is 49.4 Å². The summed E-state index contributed by atoms with van der Waals surface area (Å²) in [5.41, 5.74) is 3.57. The monoisotopic (exact) mass is 392 g/mol. The summed E-state index contributed by atoms with van der Waals surface area (Å²) in [5.74, 6) is 0.933. The second kappa shape index (κ2) is 7.82. The van der Waals surface area contributed by atoms with Crippen LogP contribution in [0.2, 0.25) is 5.02 Å². The van der Waals surface area contributed by atoms with Crippen LogP contribution in [-0.2, 0) is 6.54 Å². The summed E-state index contributed by atoms with van der Waals surface area (Å²) in [7, 11) is 0. The number of hydrogen-bond donors (Lipinski definition) is 2. The van der Waals surface area contributed by atoms with Gasteiger partial charge in [-0.3, -0.25) is 0 Å². The van der Waals surface area contributed by atoms with Crippen molar-refractivity contribution >= 4 is 40.0 Å². The van der Waals surface area contributed by atoms with Gasteiger partial charge in [-0.2, -0.15) is 4.98 Å². The van der Waals surface area contributed by atoms with Crippen LogP contribution in [-0.4, -0.2) is 9.97 Å². The van der Waals surface area contributed by atoms with E-state index in [0.29, 0.717) is 23.3 Å². The van der Waals surface area contributed by atoms with E-state index in [1.165, 1.54) is 12.1 Å². The first-order valence-electron chi connectivity index (χ1n) is 8.87. The van der Waals surface area contributed by atoms with E-state index in [4.69, 9.17) is 11.6 Å². The standard InChI is InChI=1S/C22H18ClFN4/c1-14-18(23)6-4-8-19(14)26-22-27-20-7-3-2-5-17(20)21(28-22)25-13-15-9-11-16(24)12-10-15/h2-12H,13H2,1H3,(H2,25,26,27,28). The number of benzene rings is 3. The minimum atomic E-state index is -0.250. The maximum Gasteiger partial charge on any atom is 0.229 e. The Bertz CT molecular complexity index is 1130. The summed E-state index contributed by atoms with van der Waals surface area (Å²) in [6, 6.07) is 19.9. The summed E-state index contributed by atoms with van der Waals surface area (Å²) in [5, 5.41) is 8.19. The molecule has 1 heterocycles. The van der Waals surface area contributed by atoms with Gasteiger partial charge in [0.05, 0.1) is 5.52 Å². The van der Waals surface area contributed by atoms with Crippen LogP contribution in [0, 0.1) is 12.7 Å². The highest BCUT2D eigenvalue weighted by Gasteiger charge is 2.10. The Morgan fingerprint density at radius 1 is 0.929 bits per heavy atom. The molecule has 0 saturated carbocycles. The number of para-hydroxylation sites is 1. The van der Waals surface area contributed by atoms with Gasteiger partial charge in [-0.05, 0) is 54.4 Å². The third-order valence-corrected chi connectivity index (χ3v) is 4.90. The van der Waals surface area contributed by atoms with Gasteiger partial charge in [0.2, 0.25) is 5.95 Å². The number of rotatable bonds is 5. The van der Waals surface area contributed by atoms with Crippen molar-refractivity contribution in [1.29, 1.82) is 0 Å². The first-order valence-corrected chi connectivity index (χ1v) is 9.25. The number of nitrogens with one attached hydrogen (secondary N) is 2. The van der Waals surface area contributed by atoms with Crippen LogP contribution in [0.5, 0.6) is 0 Å². The van der Waals surface area contributed by atoms with Crippen LogP contribution in [0.25, 0.3) is 10.9 Å². The molecule has 3 aromatic carbocycles. The zero-order valence-electron chi connectivity index (χ0n) is 15.2. The summed E-state index contributed by atoms with van der Waals surface area (Å²) < 4.78 is 13.1. The Hall–Kier alpha value is -3.18. The maximum absolute atomic E-state index is 13.1. The Labute approximate surface area is 167 Å². The highest BCUT2D eigenvalue weighted by atomic mass is 35.5. The molecule has 0 spiro atoms. The second-order valence-electron chi connectivity index (χ2n) is 6.43. The van der Waals surface area contributed by atoms with Gasteiger partial charge in [0, 0.05) is 22.6 Å². The molecular formula is C22H18ClFN4. The molecule has 4 aromatic rings.